The van der Waals surface area contributed by atoms with Gasteiger partial charge >= 0.3 is 0 Å². The van der Waals surface area contributed by atoms with Crippen LogP contribution in [0.2, 0.25) is 0 Å². The van der Waals surface area contributed by atoms with E-state index >= 15 is 0 Å². The first-order valence-electron chi connectivity index (χ1n) is 10.4. The van der Waals surface area contributed by atoms with Crippen LogP contribution >= 0.6 is 0 Å². The van der Waals surface area contributed by atoms with E-state index in [0.29, 0.717) is 17.5 Å². The molecule has 0 aliphatic heterocycles. The Morgan fingerprint density at radius 1 is 0.844 bits per heavy atom. The molecule has 0 amide bonds. The Morgan fingerprint density at radius 2 is 1.31 bits per heavy atom. The van der Waals surface area contributed by atoms with Crippen molar-refractivity contribution in [3.8, 4) is 24.3 Å². The molecule has 2 aromatic rings. The largest absolute Gasteiger partial charge is 0.264 e. The number of nitrogens with zero attached hydrogens (tertiary/aromatic N) is 5. The van der Waals surface area contributed by atoms with Gasteiger partial charge in [0.1, 0.15) is 0 Å². The lowest BCUT2D eigenvalue weighted by Gasteiger charge is -2.51. The second-order valence-corrected chi connectivity index (χ2v) is 8.09. The highest BCUT2D eigenvalue weighted by atomic mass is 16.6. The zero-order valence-electron chi connectivity index (χ0n) is 17.5. The second kappa shape index (κ2) is 8.89. The van der Waals surface area contributed by atoms with E-state index in [4.69, 9.17) is 0 Å². The van der Waals surface area contributed by atoms with E-state index in [1.807, 2.05) is 6.92 Å². The fourth-order valence-electron chi connectivity index (χ4n) is 5.41. The van der Waals surface area contributed by atoms with Gasteiger partial charge in [0, 0.05) is 10.8 Å². The highest BCUT2D eigenvalue weighted by molar-refractivity contribution is 5.48. The van der Waals surface area contributed by atoms with Gasteiger partial charge in [0.05, 0.1) is 36.1 Å². The molecule has 0 saturated heterocycles. The molecule has 3 rings (SSSR count). The molecule has 0 unspecified atom stereocenters. The molecule has 1 aliphatic carbocycles. The van der Waals surface area contributed by atoms with Crippen LogP contribution in [0.3, 0.4) is 0 Å². The van der Waals surface area contributed by atoms with Gasteiger partial charge in [0.15, 0.2) is 10.8 Å². The van der Waals surface area contributed by atoms with Gasteiger partial charge in [0.2, 0.25) is 6.04 Å². The molecule has 4 atom stereocenters. The van der Waals surface area contributed by atoms with Crippen molar-refractivity contribution in [2.75, 3.05) is 0 Å². The molecule has 0 aromatic heterocycles. The molecule has 0 spiro atoms. The van der Waals surface area contributed by atoms with Crippen molar-refractivity contribution in [3.63, 3.8) is 0 Å². The van der Waals surface area contributed by atoms with Gasteiger partial charge in [-0.1, -0.05) is 74.0 Å². The van der Waals surface area contributed by atoms with Gasteiger partial charge in [-0.3, -0.25) is 10.1 Å². The number of benzene rings is 2. The van der Waals surface area contributed by atoms with Crippen LogP contribution in [0.1, 0.15) is 42.7 Å². The average molecular weight is 423 g/mol. The maximum Gasteiger partial charge on any atom is 0.227 e. The smallest absolute Gasteiger partial charge is 0.227 e. The standard InChI is InChI=1S/C25H21N5O2/c1-2-9-20-22(30(31)32)21(18-10-5-3-6-11-18)25(16-28,17-29)23(24(20,14-26)15-27)19-12-7-4-8-13-19/h3-8,10-13,20-23H,2,9H2,1H3/t20-,21-,22+,23+/m1/s1. The summed E-state index contributed by atoms with van der Waals surface area (Å²) in [5.74, 6) is -3.24. The third-order valence-corrected chi connectivity index (χ3v) is 6.61. The first kappa shape index (κ1) is 22.5. The molecule has 1 aliphatic rings. The Hall–Kier alpha value is -4.20. The van der Waals surface area contributed by atoms with Crippen molar-refractivity contribution < 1.29 is 4.92 Å². The number of nitro groups is 1. The van der Waals surface area contributed by atoms with Crippen molar-refractivity contribution in [1.29, 1.82) is 21.0 Å². The minimum absolute atomic E-state index is 0.242. The van der Waals surface area contributed by atoms with Gasteiger partial charge in [0.25, 0.3) is 0 Å². The zero-order chi connectivity index (χ0) is 23.4. The number of hydrogen-bond donors (Lipinski definition) is 0. The van der Waals surface area contributed by atoms with Gasteiger partial charge < -0.3 is 0 Å². The van der Waals surface area contributed by atoms with Gasteiger partial charge in [-0.05, 0) is 17.5 Å². The average Bonchev–Trinajstić information content (AvgIpc) is 2.84. The third-order valence-electron chi connectivity index (χ3n) is 6.61. The quantitative estimate of drug-likeness (QED) is 0.505. The van der Waals surface area contributed by atoms with Crippen LogP contribution in [-0.4, -0.2) is 11.0 Å². The van der Waals surface area contributed by atoms with Crippen molar-refractivity contribution in [1.82, 2.24) is 0 Å². The van der Waals surface area contributed by atoms with E-state index in [-0.39, 0.29) is 6.42 Å². The SMILES string of the molecule is CCC[C@@H]1[C@H]([N+](=O)[O-])[C@@H](c2ccccc2)C(C#N)(C#N)[C@@H](c2ccccc2)C1(C#N)C#N. The summed E-state index contributed by atoms with van der Waals surface area (Å²) in [6, 6.07) is 23.8. The highest BCUT2D eigenvalue weighted by Crippen LogP contribution is 2.64. The van der Waals surface area contributed by atoms with Crippen molar-refractivity contribution >= 4 is 0 Å². The monoisotopic (exact) mass is 423 g/mol. The molecule has 0 heterocycles. The van der Waals surface area contributed by atoms with Gasteiger partial charge in [-0.15, -0.1) is 0 Å². The third kappa shape index (κ3) is 3.17. The van der Waals surface area contributed by atoms with Crippen LogP contribution in [-0.2, 0) is 0 Å². The molecule has 158 valence electrons. The molecular weight excluding hydrogens is 402 g/mol. The van der Waals surface area contributed by atoms with E-state index < -0.39 is 39.5 Å². The fourth-order valence-corrected chi connectivity index (χ4v) is 5.41. The van der Waals surface area contributed by atoms with E-state index in [1.54, 1.807) is 60.7 Å². The molecular formula is C25H21N5O2. The summed E-state index contributed by atoms with van der Waals surface area (Å²) in [7, 11) is 0. The molecule has 7 heteroatoms. The lowest BCUT2D eigenvalue weighted by molar-refractivity contribution is -0.546. The lowest BCUT2D eigenvalue weighted by Crippen LogP contribution is -2.60. The summed E-state index contributed by atoms with van der Waals surface area (Å²) < 4.78 is 0. The second-order valence-electron chi connectivity index (χ2n) is 8.09. The molecule has 0 radical (unpaired) electrons. The molecule has 1 saturated carbocycles. The van der Waals surface area contributed by atoms with Crippen molar-refractivity contribution in [3.05, 3.63) is 81.9 Å². The Labute approximate surface area is 186 Å². The predicted molar refractivity (Wildman–Crippen MR) is 115 cm³/mol. The summed E-state index contributed by atoms with van der Waals surface area (Å²) in [5.41, 5.74) is -2.98. The fraction of sp³-hybridized carbons (Fsp3) is 0.360. The maximum atomic E-state index is 12.5. The maximum absolute atomic E-state index is 12.5. The Kier molecular flexibility index (Phi) is 6.25. The zero-order valence-corrected chi connectivity index (χ0v) is 17.5. The molecule has 0 N–H and O–H groups in total. The molecule has 32 heavy (non-hydrogen) atoms. The Morgan fingerprint density at radius 3 is 1.72 bits per heavy atom. The Bertz CT molecular complexity index is 1120. The topological polar surface area (TPSA) is 138 Å². The van der Waals surface area contributed by atoms with Crippen LogP contribution in [0.25, 0.3) is 0 Å². The summed E-state index contributed by atoms with van der Waals surface area (Å²) in [6.45, 7) is 1.84. The van der Waals surface area contributed by atoms with E-state index in [1.165, 1.54) is 0 Å². The molecule has 7 nitrogen and oxygen atoms in total. The highest BCUT2D eigenvalue weighted by Gasteiger charge is 2.72. The minimum atomic E-state index is -2.00. The lowest BCUT2D eigenvalue weighted by atomic mass is 9.44. The normalized spacial score (nSPS) is 25.3. The van der Waals surface area contributed by atoms with Crippen LogP contribution in [0.5, 0.6) is 0 Å². The first-order chi connectivity index (χ1) is 15.5. The van der Waals surface area contributed by atoms with Crippen LogP contribution < -0.4 is 0 Å². The van der Waals surface area contributed by atoms with Crippen LogP contribution in [0, 0.1) is 72.2 Å². The molecule has 2 aromatic carbocycles. The number of hydrogen-bond acceptors (Lipinski definition) is 6. The summed E-state index contributed by atoms with van der Waals surface area (Å²) in [4.78, 5) is 12.0. The van der Waals surface area contributed by atoms with E-state index in [2.05, 4.69) is 24.3 Å². The van der Waals surface area contributed by atoms with Crippen molar-refractivity contribution in [2.45, 2.75) is 37.6 Å². The summed E-state index contributed by atoms with van der Waals surface area (Å²) in [6.07, 6.45) is 0.752. The summed E-state index contributed by atoms with van der Waals surface area (Å²) in [5, 5.41) is 54.0. The minimum Gasteiger partial charge on any atom is -0.264 e. The van der Waals surface area contributed by atoms with Crippen LogP contribution in [0.15, 0.2) is 60.7 Å². The predicted octanol–water partition coefficient (Wildman–Crippen LogP) is 4.70. The molecule has 0 bridgehead atoms. The first-order valence-corrected chi connectivity index (χ1v) is 10.4. The molecule has 1 fully saturated rings. The Balaban J connectivity index is 2.50. The number of nitriles is 4. The van der Waals surface area contributed by atoms with E-state index in [9.17, 15) is 31.2 Å². The van der Waals surface area contributed by atoms with Crippen LogP contribution in [0.4, 0.5) is 0 Å². The van der Waals surface area contributed by atoms with E-state index in [0.717, 1.165) is 0 Å². The summed E-state index contributed by atoms with van der Waals surface area (Å²) >= 11 is 0. The van der Waals surface area contributed by atoms with Gasteiger partial charge in [-0.25, -0.2) is 0 Å². The van der Waals surface area contributed by atoms with Gasteiger partial charge in [-0.2, -0.15) is 21.0 Å². The number of rotatable bonds is 5. The van der Waals surface area contributed by atoms with Crippen molar-refractivity contribution in [2.24, 2.45) is 16.7 Å².